The molecule has 2 fully saturated rings. The Morgan fingerprint density at radius 3 is 2.32 bits per heavy atom. The number of esters is 2. The molecule has 2 heterocycles. The molecule has 1 N–H and O–H groups in total. The smallest absolute Gasteiger partial charge is 0.320 e. The third kappa shape index (κ3) is 13.4. The first-order valence-corrected chi connectivity index (χ1v) is 15.3. The first-order valence-electron chi connectivity index (χ1n) is 14.4. The van der Waals surface area contributed by atoms with Crippen LogP contribution in [0.3, 0.4) is 0 Å². The highest BCUT2D eigenvalue weighted by molar-refractivity contribution is 9.10. The van der Waals surface area contributed by atoms with Crippen LogP contribution in [0.1, 0.15) is 97.3 Å². The molecule has 4 unspecified atom stereocenters. The molecule has 0 saturated carbocycles. The highest BCUT2D eigenvalue weighted by atomic mass is 79.9. The fraction of sp³-hybridized carbons (Fsp3) is 0.893. The Labute approximate surface area is 231 Å². The molecule has 2 saturated heterocycles. The van der Waals surface area contributed by atoms with Crippen LogP contribution in [0.4, 0.5) is 0 Å². The van der Waals surface area contributed by atoms with Crippen LogP contribution in [0.2, 0.25) is 0 Å². The van der Waals surface area contributed by atoms with E-state index >= 15 is 0 Å². The van der Waals surface area contributed by atoms with Gasteiger partial charge < -0.3 is 19.5 Å². The molecule has 2 aliphatic rings. The van der Waals surface area contributed by atoms with E-state index in [9.17, 15) is 19.5 Å². The molecule has 214 valence electrons. The van der Waals surface area contributed by atoms with Crippen molar-refractivity contribution in [3.05, 3.63) is 0 Å². The number of alkyl halides is 1. The number of hydrogen-bond donors (Lipinski definition) is 1. The second kappa shape index (κ2) is 18.2. The van der Waals surface area contributed by atoms with Crippen molar-refractivity contribution < 1.29 is 29.0 Å². The van der Waals surface area contributed by atoms with E-state index in [1.54, 1.807) is 0 Å². The fourth-order valence-corrected chi connectivity index (χ4v) is 5.25. The van der Waals surface area contributed by atoms with Crippen molar-refractivity contribution >= 4 is 33.8 Å². The lowest BCUT2D eigenvalue weighted by Gasteiger charge is -2.26. The molecule has 0 aromatic rings. The molecule has 2 rings (SSSR count). The van der Waals surface area contributed by atoms with Gasteiger partial charge in [-0.3, -0.25) is 19.3 Å². The Balaban J connectivity index is 1.52. The molecule has 1 amide bonds. The van der Waals surface area contributed by atoms with Gasteiger partial charge in [-0.1, -0.05) is 42.6 Å². The number of halogens is 1. The molecule has 0 aromatic heterocycles. The molecule has 0 aromatic carbocycles. The van der Waals surface area contributed by atoms with Crippen LogP contribution in [0.25, 0.3) is 0 Å². The molecular formula is C28H49BrN2O6. The maximum atomic E-state index is 12.3. The van der Waals surface area contributed by atoms with Gasteiger partial charge in [-0.25, -0.2) is 0 Å². The SMILES string of the molecule is CC(CCOC(=O)C(Br)CC(=O)OCCC(C)CCN1CCCCCC1O)CCN1CCCCCC1=O. The number of rotatable bonds is 15. The maximum Gasteiger partial charge on any atom is 0.320 e. The van der Waals surface area contributed by atoms with Gasteiger partial charge in [0, 0.05) is 32.6 Å². The van der Waals surface area contributed by atoms with E-state index in [0.717, 1.165) is 90.4 Å². The fourth-order valence-electron chi connectivity index (χ4n) is 4.85. The predicted octanol–water partition coefficient (Wildman–Crippen LogP) is 4.66. The lowest BCUT2D eigenvalue weighted by molar-refractivity contribution is -0.150. The average molecular weight is 590 g/mol. The number of nitrogens with zero attached hydrogens (tertiary/aromatic N) is 2. The van der Waals surface area contributed by atoms with Gasteiger partial charge in [0.2, 0.25) is 5.91 Å². The summed E-state index contributed by atoms with van der Waals surface area (Å²) >= 11 is 3.26. The third-order valence-electron chi connectivity index (χ3n) is 7.63. The van der Waals surface area contributed by atoms with E-state index in [-0.39, 0.29) is 18.6 Å². The minimum absolute atomic E-state index is 0.0557. The molecule has 2 aliphatic heterocycles. The second-order valence-corrected chi connectivity index (χ2v) is 12.1. The van der Waals surface area contributed by atoms with Crippen molar-refractivity contribution in [2.24, 2.45) is 11.8 Å². The maximum absolute atomic E-state index is 12.3. The number of aliphatic hydroxyl groups excluding tert-OH is 1. The number of ether oxygens (including phenoxy) is 2. The summed E-state index contributed by atoms with van der Waals surface area (Å²) in [6.07, 6.45) is 11.1. The average Bonchev–Trinajstić information content (AvgIpc) is 3.20. The van der Waals surface area contributed by atoms with E-state index in [4.69, 9.17) is 9.47 Å². The zero-order chi connectivity index (χ0) is 27.0. The predicted molar refractivity (Wildman–Crippen MR) is 147 cm³/mol. The summed E-state index contributed by atoms with van der Waals surface area (Å²) in [5.74, 6) is 0.118. The van der Waals surface area contributed by atoms with E-state index in [2.05, 4.69) is 34.7 Å². The normalized spacial score (nSPS) is 22.0. The molecule has 0 aliphatic carbocycles. The molecule has 4 atom stereocenters. The lowest BCUT2D eigenvalue weighted by atomic mass is 10.0. The second-order valence-electron chi connectivity index (χ2n) is 11.0. The van der Waals surface area contributed by atoms with Gasteiger partial charge in [-0.05, 0) is 69.6 Å². The van der Waals surface area contributed by atoms with Crippen LogP contribution in [-0.2, 0) is 23.9 Å². The molecule has 8 nitrogen and oxygen atoms in total. The van der Waals surface area contributed by atoms with Gasteiger partial charge in [-0.15, -0.1) is 0 Å². The van der Waals surface area contributed by atoms with Crippen LogP contribution in [0.15, 0.2) is 0 Å². The Kier molecular flexibility index (Phi) is 15.7. The van der Waals surface area contributed by atoms with Gasteiger partial charge in [0.15, 0.2) is 0 Å². The zero-order valence-electron chi connectivity index (χ0n) is 23.0. The first kappa shape index (κ1) is 32.0. The largest absolute Gasteiger partial charge is 0.466 e. The van der Waals surface area contributed by atoms with E-state index < -0.39 is 16.8 Å². The van der Waals surface area contributed by atoms with Gasteiger partial charge in [0.05, 0.1) is 19.6 Å². The Bertz CT molecular complexity index is 694. The Morgan fingerprint density at radius 2 is 1.57 bits per heavy atom. The molecular weight excluding hydrogens is 540 g/mol. The van der Waals surface area contributed by atoms with Crippen molar-refractivity contribution in [3.8, 4) is 0 Å². The number of amides is 1. The number of likely N-dealkylation sites (tertiary alicyclic amines) is 2. The lowest BCUT2D eigenvalue weighted by Crippen LogP contribution is -2.36. The zero-order valence-corrected chi connectivity index (χ0v) is 24.6. The summed E-state index contributed by atoms with van der Waals surface area (Å²) in [5.41, 5.74) is 0. The Hall–Kier alpha value is -1.19. The topological polar surface area (TPSA) is 96.4 Å². The van der Waals surface area contributed by atoms with Crippen LogP contribution in [0.5, 0.6) is 0 Å². The van der Waals surface area contributed by atoms with Crippen molar-refractivity contribution in [1.82, 2.24) is 9.80 Å². The highest BCUT2D eigenvalue weighted by Gasteiger charge is 2.23. The number of carbonyl (C=O) groups excluding carboxylic acids is 3. The van der Waals surface area contributed by atoms with Crippen molar-refractivity contribution in [2.75, 3.05) is 39.4 Å². The first-order chi connectivity index (χ1) is 17.8. The number of hydrogen-bond acceptors (Lipinski definition) is 7. The number of aliphatic hydroxyl groups is 1. The van der Waals surface area contributed by atoms with Crippen molar-refractivity contribution in [1.29, 1.82) is 0 Å². The summed E-state index contributed by atoms with van der Waals surface area (Å²) in [4.78, 5) is 39.9. The minimum atomic E-state index is -0.716. The quantitative estimate of drug-likeness (QED) is 0.219. The van der Waals surface area contributed by atoms with Gasteiger partial charge in [0.1, 0.15) is 11.1 Å². The van der Waals surface area contributed by atoms with Gasteiger partial charge in [-0.2, -0.15) is 0 Å². The summed E-state index contributed by atoms with van der Waals surface area (Å²) in [5, 5.41) is 10.2. The van der Waals surface area contributed by atoms with Crippen molar-refractivity contribution in [2.45, 2.75) is 108 Å². The standard InChI is InChI=1S/C28H49BrN2O6/c1-22(11-17-30-15-7-3-5-9-25(30)32)13-19-36-27(34)21-24(29)28(35)37-20-14-23(2)12-18-31-16-8-4-6-10-26(31)33/h22-25,32H,3-21H2,1-2H3. The molecule has 0 radical (unpaired) electrons. The van der Waals surface area contributed by atoms with E-state index in [1.807, 2.05) is 4.90 Å². The summed E-state index contributed by atoms with van der Waals surface area (Å²) in [6.45, 7) is 8.29. The van der Waals surface area contributed by atoms with Gasteiger partial charge >= 0.3 is 11.9 Å². The molecule has 37 heavy (non-hydrogen) atoms. The Morgan fingerprint density at radius 1 is 0.919 bits per heavy atom. The van der Waals surface area contributed by atoms with Crippen LogP contribution in [-0.4, -0.2) is 83.2 Å². The molecule has 0 bridgehead atoms. The summed E-state index contributed by atoms with van der Waals surface area (Å²) in [6, 6.07) is 0. The summed E-state index contributed by atoms with van der Waals surface area (Å²) in [7, 11) is 0. The van der Waals surface area contributed by atoms with E-state index in [0.29, 0.717) is 31.5 Å². The molecule has 9 heteroatoms. The van der Waals surface area contributed by atoms with Crippen molar-refractivity contribution in [3.63, 3.8) is 0 Å². The highest BCUT2D eigenvalue weighted by Crippen LogP contribution is 2.18. The monoisotopic (exact) mass is 588 g/mol. The van der Waals surface area contributed by atoms with Crippen LogP contribution < -0.4 is 0 Å². The minimum Gasteiger partial charge on any atom is -0.466 e. The van der Waals surface area contributed by atoms with Gasteiger partial charge in [0.25, 0.3) is 0 Å². The third-order valence-corrected chi connectivity index (χ3v) is 8.33. The number of carbonyl (C=O) groups is 3. The van der Waals surface area contributed by atoms with Crippen LogP contribution >= 0.6 is 15.9 Å². The summed E-state index contributed by atoms with van der Waals surface area (Å²) < 4.78 is 10.7. The van der Waals surface area contributed by atoms with E-state index in [1.165, 1.54) is 6.42 Å². The van der Waals surface area contributed by atoms with Crippen LogP contribution in [0, 0.1) is 11.8 Å². The molecule has 0 spiro atoms.